The van der Waals surface area contributed by atoms with E-state index in [-0.39, 0.29) is 12.4 Å². The Morgan fingerprint density at radius 1 is 0.960 bits per heavy atom. The normalized spacial score (nSPS) is 10.4. The Morgan fingerprint density at radius 3 is 2.44 bits per heavy atom. The number of carbonyl (C=O) groups excluding carboxylic acids is 2. The summed E-state index contributed by atoms with van der Waals surface area (Å²) in [5.41, 5.74) is 0.608. The number of furan rings is 1. The smallest absolute Gasteiger partial charge is 0.344 e. The molecule has 0 spiro atoms. The van der Waals surface area contributed by atoms with Crippen molar-refractivity contribution >= 4 is 22.7 Å². The molecule has 3 aromatic rings. The van der Waals surface area contributed by atoms with Crippen molar-refractivity contribution < 1.29 is 28.2 Å². The number of methoxy groups -OCH3 is 1. The summed E-state index contributed by atoms with van der Waals surface area (Å²) in [5.74, 6) is 0.0102. The summed E-state index contributed by atoms with van der Waals surface area (Å²) >= 11 is 0. The third-order valence-corrected chi connectivity index (χ3v) is 3.48. The number of para-hydroxylation sites is 3. The van der Waals surface area contributed by atoms with E-state index >= 15 is 0 Å². The molecule has 0 saturated heterocycles. The van der Waals surface area contributed by atoms with E-state index in [4.69, 9.17) is 18.6 Å². The summed E-state index contributed by atoms with van der Waals surface area (Å²) in [4.78, 5) is 23.8. The first kappa shape index (κ1) is 16.6. The van der Waals surface area contributed by atoms with E-state index in [1.807, 2.05) is 18.2 Å². The molecule has 1 aromatic heterocycles. The fourth-order valence-electron chi connectivity index (χ4n) is 2.25. The highest BCUT2D eigenvalue weighted by Crippen LogP contribution is 2.25. The van der Waals surface area contributed by atoms with E-state index in [0.717, 1.165) is 5.39 Å². The first-order chi connectivity index (χ1) is 12.2. The van der Waals surface area contributed by atoms with Gasteiger partial charge in [0.15, 0.2) is 30.5 Å². The molecule has 0 aliphatic rings. The van der Waals surface area contributed by atoms with Gasteiger partial charge >= 0.3 is 5.97 Å². The second-order valence-electron chi connectivity index (χ2n) is 5.17. The molecular weight excluding hydrogens is 324 g/mol. The fourth-order valence-corrected chi connectivity index (χ4v) is 2.25. The van der Waals surface area contributed by atoms with E-state index in [1.165, 1.54) is 7.11 Å². The Labute approximate surface area is 143 Å². The Kier molecular flexibility index (Phi) is 4.99. The van der Waals surface area contributed by atoms with Gasteiger partial charge in [-0.3, -0.25) is 4.79 Å². The molecule has 0 saturated carbocycles. The van der Waals surface area contributed by atoms with Crippen molar-refractivity contribution in [1.82, 2.24) is 0 Å². The molecule has 6 heteroatoms. The van der Waals surface area contributed by atoms with Gasteiger partial charge < -0.3 is 18.6 Å². The summed E-state index contributed by atoms with van der Waals surface area (Å²) < 4.78 is 20.8. The van der Waals surface area contributed by atoms with Crippen LogP contribution in [0.25, 0.3) is 11.0 Å². The Morgan fingerprint density at radius 2 is 1.68 bits per heavy atom. The molecule has 0 atom stereocenters. The maximum absolute atomic E-state index is 12.1. The van der Waals surface area contributed by atoms with Crippen molar-refractivity contribution in [3.05, 3.63) is 60.4 Å². The lowest BCUT2D eigenvalue weighted by atomic mass is 10.2. The second-order valence-corrected chi connectivity index (χ2v) is 5.17. The summed E-state index contributed by atoms with van der Waals surface area (Å²) in [5, 5.41) is 0.816. The fraction of sp³-hybridized carbons (Fsp3) is 0.158. The minimum atomic E-state index is -0.657. The molecule has 0 unspecified atom stereocenters. The summed E-state index contributed by atoms with van der Waals surface area (Å²) in [7, 11) is 1.51. The average Bonchev–Trinajstić information content (AvgIpc) is 3.09. The molecule has 128 valence electrons. The van der Waals surface area contributed by atoms with Crippen LogP contribution in [0.1, 0.15) is 10.6 Å². The summed E-state index contributed by atoms with van der Waals surface area (Å²) in [6, 6.07) is 15.8. The van der Waals surface area contributed by atoms with E-state index in [2.05, 4.69) is 0 Å². The van der Waals surface area contributed by atoms with Crippen LogP contribution in [0, 0.1) is 0 Å². The van der Waals surface area contributed by atoms with Crippen molar-refractivity contribution in [2.75, 3.05) is 20.3 Å². The molecule has 0 bridgehead atoms. The van der Waals surface area contributed by atoms with Gasteiger partial charge in [0, 0.05) is 5.39 Å². The Balaban J connectivity index is 1.52. The second kappa shape index (κ2) is 7.53. The number of benzene rings is 2. The molecule has 0 aliphatic heterocycles. The molecular formula is C19H16O6. The maximum Gasteiger partial charge on any atom is 0.344 e. The minimum absolute atomic E-state index is 0.152. The molecule has 6 nitrogen and oxygen atoms in total. The van der Waals surface area contributed by atoms with Crippen LogP contribution in [0.4, 0.5) is 0 Å². The lowest BCUT2D eigenvalue weighted by Gasteiger charge is -2.09. The number of ether oxygens (including phenoxy) is 3. The van der Waals surface area contributed by atoms with Crippen LogP contribution in [0.5, 0.6) is 11.5 Å². The molecule has 1 heterocycles. The van der Waals surface area contributed by atoms with E-state index < -0.39 is 18.4 Å². The molecule has 3 rings (SSSR count). The van der Waals surface area contributed by atoms with Gasteiger partial charge in [-0.1, -0.05) is 30.3 Å². The number of Topliss-reactive ketones (excluding diaryl/α,β-unsaturated/α-hetero) is 1. The quantitative estimate of drug-likeness (QED) is 0.485. The van der Waals surface area contributed by atoms with Crippen molar-refractivity contribution in [3.63, 3.8) is 0 Å². The highest BCUT2D eigenvalue weighted by Gasteiger charge is 2.15. The van der Waals surface area contributed by atoms with E-state index in [9.17, 15) is 9.59 Å². The lowest BCUT2D eigenvalue weighted by Crippen LogP contribution is -2.19. The summed E-state index contributed by atoms with van der Waals surface area (Å²) in [6.45, 7) is -0.734. The molecule has 25 heavy (non-hydrogen) atoms. The highest BCUT2D eigenvalue weighted by molar-refractivity contribution is 5.99. The number of esters is 1. The van der Waals surface area contributed by atoms with Gasteiger partial charge in [-0.2, -0.15) is 0 Å². The van der Waals surface area contributed by atoms with Crippen LogP contribution >= 0.6 is 0 Å². The largest absolute Gasteiger partial charge is 0.493 e. The van der Waals surface area contributed by atoms with Crippen LogP contribution in [-0.4, -0.2) is 32.1 Å². The van der Waals surface area contributed by atoms with Crippen LogP contribution < -0.4 is 9.47 Å². The minimum Gasteiger partial charge on any atom is -0.493 e. The lowest BCUT2D eigenvalue weighted by molar-refractivity contribution is -0.144. The SMILES string of the molecule is COc1ccccc1OCC(=O)OCC(=O)c1cc2ccccc2o1. The molecule has 0 amide bonds. The van der Waals surface area contributed by atoms with Crippen molar-refractivity contribution in [2.45, 2.75) is 0 Å². The Bertz CT molecular complexity index is 863. The van der Waals surface area contributed by atoms with E-state index in [1.54, 1.807) is 36.4 Å². The van der Waals surface area contributed by atoms with Crippen LogP contribution in [0.15, 0.2) is 59.0 Å². The van der Waals surface area contributed by atoms with Gasteiger partial charge in [0.05, 0.1) is 7.11 Å². The maximum atomic E-state index is 12.1. The molecule has 0 N–H and O–H groups in total. The molecule has 0 fully saturated rings. The molecule has 2 aromatic carbocycles. The highest BCUT2D eigenvalue weighted by atomic mass is 16.6. The standard InChI is InChI=1S/C19H16O6/c1-22-16-8-4-5-9-17(16)23-12-19(21)24-11-14(20)18-10-13-6-2-3-7-15(13)25-18/h2-10H,11-12H2,1H3. The van der Waals surface area contributed by atoms with Gasteiger partial charge in [0.2, 0.25) is 5.78 Å². The van der Waals surface area contributed by atoms with Gasteiger partial charge in [-0.15, -0.1) is 0 Å². The van der Waals surface area contributed by atoms with Crippen LogP contribution in [0.2, 0.25) is 0 Å². The predicted molar refractivity (Wildman–Crippen MR) is 90.0 cm³/mol. The van der Waals surface area contributed by atoms with Crippen LogP contribution in [0.3, 0.4) is 0 Å². The molecule has 0 aliphatic carbocycles. The van der Waals surface area contributed by atoms with Gasteiger partial charge in [0.1, 0.15) is 5.58 Å². The number of rotatable bonds is 7. The number of hydrogen-bond donors (Lipinski definition) is 0. The Hall–Kier alpha value is -3.28. The first-order valence-electron chi connectivity index (χ1n) is 7.60. The topological polar surface area (TPSA) is 75.0 Å². The third-order valence-electron chi connectivity index (χ3n) is 3.48. The van der Waals surface area contributed by atoms with Gasteiger partial charge in [0.25, 0.3) is 0 Å². The monoisotopic (exact) mass is 340 g/mol. The zero-order valence-electron chi connectivity index (χ0n) is 13.6. The first-order valence-corrected chi connectivity index (χ1v) is 7.60. The number of carbonyl (C=O) groups is 2. The number of hydrogen-bond acceptors (Lipinski definition) is 6. The van der Waals surface area contributed by atoms with Crippen molar-refractivity contribution in [3.8, 4) is 11.5 Å². The van der Waals surface area contributed by atoms with Crippen molar-refractivity contribution in [2.24, 2.45) is 0 Å². The van der Waals surface area contributed by atoms with Crippen LogP contribution in [-0.2, 0) is 9.53 Å². The average molecular weight is 340 g/mol. The number of ketones is 1. The molecule has 0 radical (unpaired) electrons. The van der Waals surface area contributed by atoms with Gasteiger partial charge in [-0.05, 0) is 24.3 Å². The summed E-state index contributed by atoms with van der Waals surface area (Å²) in [6.07, 6.45) is 0. The zero-order valence-corrected chi connectivity index (χ0v) is 13.6. The third kappa shape index (κ3) is 3.98. The number of fused-ring (bicyclic) bond motifs is 1. The van der Waals surface area contributed by atoms with Gasteiger partial charge in [-0.25, -0.2) is 4.79 Å². The predicted octanol–water partition coefficient (Wildman–Crippen LogP) is 3.25. The zero-order chi connectivity index (χ0) is 17.6. The van der Waals surface area contributed by atoms with E-state index in [0.29, 0.717) is 17.1 Å². The van der Waals surface area contributed by atoms with Crippen molar-refractivity contribution in [1.29, 1.82) is 0 Å².